The Morgan fingerprint density at radius 3 is 1.89 bits per heavy atom. The molecule has 1 aliphatic carbocycles. The molecular weight excluding hydrogens is 647 g/mol. The summed E-state index contributed by atoms with van der Waals surface area (Å²) in [6, 6.07) is 57.0. The maximum atomic E-state index is 6.51. The number of allylic oxidation sites excluding steroid dienone is 4. The number of furan rings is 1. The lowest BCUT2D eigenvalue weighted by molar-refractivity contribution is 0.669. The lowest BCUT2D eigenvalue weighted by Gasteiger charge is -2.17. The summed E-state index contributed by atoms with van der Waals surface area (Å²) in [6.45, 7) is 0. The molecule has 4 nitrogen and oxygen atoms in total. The first kappa shape index (κ1) is 30.9. The average molecular weight is 680 g/mol. The number of hydrogen-bond acceptors (Lipinski definition) is 4. The molecule has 0 saturated heterocycles. The van der Waals surface area contributed by atoms with Crippen LogP contribution in [0.2, 0.25) is 0 Å². The fourth-order valence-corrected chi connectivity index (χ4v) is 7.50. The highest BCUT2D eigenvalue weighted by Gasteiger charge is 2.19. The van der Waals surface area contributed by atoms with Gasteiger partial charge in [0.15, 0.2) is 17.5 Å². The molecule has 0 amide bonds. The second-order valence-corrected chi connectivity index (χ2v) is 13.6. The normalized spacial score (nSPS) is 14.2. The molecule has 0 saturated carbocycles. The largest absolute Gasteiger partial charge is 0.456 e. The van der Waals surface area contributed by atoms with Crippen LogP contribution in [0, 0.1) is 0 Å². The summed E-state index contributed by atoms with van der Waals surface area (Å²) < 4.78 is 6.51. The van der Waals surface area contributed by atoms with Crippen LogP contribution in [0.4, 0.5) is 0 Å². The van der Waals surface area contributed by atoms with Gasteiger partial charge in [-0.1, -0.05) is 158 Å². The smallest absolute Gasteiger partial charge is 0.164 e. The van der Waals surface area contributed by atoms with E-state index in [1.165, 1.54) is 27.5 Å². The zero-order chi connectivity index (χ0) is 35.1. The van der Waals surface area contributed by atoms with Crippen molar-refractivity contribution < 1.29 is 4.42 Å². The minimum Gasteiger partial charge on any atom is -0.456 e. The van der Waals surface area contributed by atoms with Gasteiger partial charge in [0.2, 0.25) is 0 Å². The topological polar surface area (TPSA) is 51.8 Å². The molecule has 250 valence electrons. The van der Waals surface area contributed by atoms with Crippen LogP contribution in [-0.2, 0) is 0 Å². The van der Waals surface area contributed by atoms with Gasteiger partial charge in [0.05, 0.1) is 0 Å². The zero-order valence-electron chi connectivity index (χ0n) is 28.9. The molecular formula is C49H33N3O. The first-order valence-corrected chi connectivity index (χ1v) is 18.0. The fourth-order valence-electron chi connectivity index (χ4n) is 7.50. The summed E-state index contributed by atoms with van der Waals surface area (Å²) in [7, 11) is 0. The lowest BCUT2D eigenvalue weighted by Crippen LogP contribution is -2.01. The summed E-state index contributed by atoms with van der Waals surface area (Å²) in [5.41, 5.74) is 10.4. The van der Waals surface area contributed by atoms with Crippen LogP contribution >= 0.6 is 0 Å². The molecule has 1 unspecified atom stereocenters. The predicted octanol–water partition coefficient (Wildman–Crippen LogP) is 12.7. The minimum absolute atomic E-state index is 0.405. The molecule has 53 heavy (non-hydrogen) atoms. The number of hydrogen-bond donors (Lipinski definition) is 0. The predicted molar refractivity (Wildman–Crippen MR) is 217 cm³/mol. The van der Waals surface area contributed by atoms with Gasteiger partial charge in [-0.15, -0.1) is 0 Å². The van der Waals surface area contributed by atoms with Gasteiger partial charge in [0.25, 0.3) is 0 Å². The van der Waals surface area contributed by atoms with Crippen LogP contribution < -0.4 is 0 Å². The van der Waals surface area contributed by atoms with Crippen molar-refractivity contribution in [3.05, 3.63) is 193 Å². The van der Waals surface area contributed by atoms with Crippen LogP contribution in [0.15, 0.2) is 186 Å². The highest BCUT2D eigenvalue weighted by molar-refractivity contribution is 6.12. The van der Waals surface area contributed by atoms with E-state index in [4.69, 9.17) is 19.4 Å². The molecule has 0 fully saturated rings. The van der Waals surface area contributed by atoms with Crippen LogP contribution in [-0.4, -0.2) is 15.0 Å². The summed E-state index contributed by atoms with van der Waals surface area (Å²) in [6.07, 6.45) is 7.87. The number of benzene rings is 7. The average Bonchev–Trinajstić information content (AvgIpc) is 3.62. The van der Waals surface area contributed by atoms with Gasteiger partial charge in [-0.2, -0.15) is 0 Å². The van der Waals surface area contributed by atoms with Crippen molar-refractivity contribution in [2.24, 2.45) is 0 Å². The van der Waals surface area contributed by atoms with E-state index in [1.54, 1.807) is 0 Å². The molecule has 7 aromatic carbocycles. The highest BCUT2D eigenvalue weighted by atomic mass is 16.3. The molecule has 4 heteroatoms. The third-order valence-electron chi connectivity index (χ3n) is 10.3. The van der Waals surface area contributed by atoms with E-state index >= 15 is 0 Å². The van der Waals surface area contributed by atoms with Gasteiger partial charge < -0.3 is 4.42 Å². The van der Waals surface area contributed by atoms with Crippen molar-refractivity contribution in [3.63, 3.8) is 0 Å². The van der Waals surface area contributed by atoms with E-state index in [2.05, 4.69) is 140 Å². The maximum Gasteiger partial charge on any atom is 0.164 e. The lowest BCUT2D eigenvalue weighted by atomic mass is 9.88. The van der Waals surface area contributed by atoms with E-state index < -0.39 is 0 Å². The zero-order valence-corrected chi connectivity index (χ0v) is 28.9. The molecule has 0 aliphatic heterocycles. The van der Waals surface area contributed by atoms with Crippen molar-refractivity contribution in [1.29, 1.82) is 0 Å². The standard InChI is InChI=1S/C49H33N3O/c1-3-10-32(11-4-1)34-18-20-35(21-19-34)36-22-25-38(26-23-36)48-50-47(37-13-5-2-6-14-37)51-49(52-48)43-16-9-17-44-46(43)42-29-28-41(31-45(42)53-44)40-27-24-33-12-7-8-15-39(33)30-40/h1-18,20-31,34H,19H2. The Kier molecular flexibility index (Phi) is 7.58. The quantitative estimate of drug-likeness (QED) is 0.175. The van der Waals surface area contributed by atoms with Gasteiger partial charge in [0, 0.05) is 33.4 Å². The first-order chi connectivity index (χ1) is 26.2. The van der Waals surface area contributed by atoms with E-state index in [-0.39, 0.29) is 0 Å². The number of rotatable bonds is 6. The second kappa shape index (κ2) is 13.0. The van der Waals surface area contributed by atoms with Crippen molar-refractivity contribution in [2.75, 3.05) is 0 Å². The third-order valence-corrected chi connectivity index (χ3v) is 10.3. The monoisotopic (exact) mass is 679 g/mol. The minimum atomic E-state index is 0.405. The molecule has 1 aliphatic rings. The molecule has 9 aromatic rings. The van der Waals surface area contributed by atoms with Crippen molar-refractivity contribution in [1.82, 2.24) is 15.0 Å². The molecule has 2 heterocycles. The van der Waals surface area contributed by atoms with E-state index in [0.717, 1.165) is 56.2 Å². The van der Waals surface area contributed by atoms with Crippen LogP contribution in [0.3, 0.4) is 0 Å². The van der Waals surface area contributed by atoms with E-state index in [1.807, 2.05) is 42.5 Å². The SMILES string of the molecule is C1=CC(c2ccccc2)CC=C1c1ccc(-c2nc(-c3ccccc3)nc(-c3cccc4oc5cc(-c6ccc7ccccc7c6)ccc5c34)n2)cc1. The van der Waals surface area contributed by atoms with Crippen molar-refractivity contribution in [3.8, 4) is 45.3 Å². The summed E-state index contributed by atoms with van der Waals surface area (Å²) in [4.78, 5) is 15.2. The number of aromatic nitrogens is 3. The Morgan fingerprint density at radius 2 is 1.11 bits per heavy atom. The number of nitrogens with zero attached hydrogens (tertiary/aromatic N) is 3. The summed E-state index contributed by atoms with van der Waals surface area (Å²) in [5, 5.41) is 4.45. The van der Waals surface area contributed by atoms with Crippen LogP contribution in [0.1, 0.15) is 23.5 Å². The summed E-state index contributed by atoms with van der Waals surface area (Å²) in [5.74, 6) is 2.27. The Hall–Kier alpha value is -6.91. The van der Waals surface area contributed by atoms with E-state index in [9.17, 15) is 0 Å². The molecule has 0 radical (unpaired) electrons. The second-order valence-electron chi connectivity index (χ2n) is 13.6. The fraction of sp³-hybridized carbons (Fsp3) is 0.0408. The first-order valence-electron chi connectivity index (χ1n) is 18.0. The van der Waals surface area contributed by atoms with Crippen molar-refractivity contribution in [2.45, 2.75) is 12.3 Å². The molecule has 0 bridgehead atoms. The van der Waals surface area contributed by atoms with Gasteiger partial charge in [-0.3, -0.25) is 0 Å². The molecule has 0 N–H and O–H groups in total. The van der Waals surface area contributed by atoms with Gasteiger partial charge in [0.1, 0.15) is 11.2 Å². The Morgan fingerprint density at radius 1 is 0.472 bits per heavy atom. The molecule has 1 atom stereocenters. The Balaban J connectivity index is 1.03. The Bertz CT molecular complexity index is 2850. The van der Waals surface area contributed by atoms with Crippen LogP contribution in [0.5, 0.6) is 0 Å². The Labute approximate surface area is 307 Å². The van der Waals surface area contributed by atoms with Gasteiger partial charge in [-0.25, -0.2) is 15.0 Å². The van der Waals surface area contributed by atoms with Crippen LogP contribution in [0.25, 0.3) is 83.6 Å². The maximum absolute atomic E-state index is 6.51. The van der Waals surface area contributed by atoms with Gasteiger partial charge >= 0.3 is 0 Å². The van der Waals surface area contributed by atoms with E-state index in [0.29, 0.717) is 23.4 Å². The summed E-state index contributed by atoms with van der Waals surface area (Å²) >= 11 is 0. The number of fused-ring (bicyclic) bond motifs is 4. The molecule has 10 rings (SSSR count). The molecule has 0 spiro atoms. The van der Waals surface area contributed by atoms with Gasteiger partial charge in [-0.05, 0) is 69.3 Å². The molecule has 2 aromatic heterocycles. The highest BCUT2D eigenvalue weighted by Crippen LogP contribution is 2.39. The third kappa shape index (κ3) is 5.81. The van der Waals surface area contributed by atoms with Crippen molar-refractivity contribution >= 4 is 38.3 Å².